The number of para-hydroxylation sites is 1. The van der Waals surface area contributed by atoms with Crippen LogP contribution in [0, 0.1) is 5.92 Å². The van der Waals surface area contributed by atoms with Gasteiger partial charge in [0, 0.05) is 30.9 Å². The van der Waals surface area contributed by atoms with E-state index in [0.717, 1.165) is 30.5 Å². The molecule has 0 spiro atoms. The first-order valence-electron chi connectivity index (χ1n) is 13.4. The molecular weight excluding hydrogens is 504 g/mol. The van der Waals surface area contributed by atoms with Crippen molar-refractivity contribution < 1.29 is 19.1 Å². The molecule has 9 heteroatoms. The number of carbonyl (C=O) groups is 3. The van der Waals surface area contributed by atoms with Crippen molar-refractivity contribution >= 4 is 35.1 Å². The van der Waals surface area contributed by atoms with E-state index in [4.69, 9.17) is 16.3 Å². The predicted molar refractivity (Wildman–Crippen MR) is 149 cm³/mol. The summed E-state index contributed by atoms with van der Waals surface area (Å²) in [5.74, 6) is 0.141. The largest absolute Gasteiger partial charge is 0.494 e. The molecule has 38 heavy (non-hydrogen) atoms. The van der Waals surface area contributed by atoms with Crippen LogP contribution in [0.3, 0.4) is 0 Å². The fourth-order valence-corrected chi connectivity index (χ4v) is 4.82. The van der Waals surface area contributed by atoms with E-state index in [1.54, 1.807) is 28.0 Å². The van der Waals surface area contributed by atoms with Crippen LogP contribution in [0.4, 0.5) is 10.5 Å². The Bertz CT molecular complexity index is 1180. The molecule has 0 bridgehead atoms. The van der Waals surface area contributed by atoms with Crippen molar-refractivity contribution in [3.05, 3.63) is 58.6 Å². The van der Waals surface area contributed by atoms with Gasteiger partial charge in [0.2, 0.25) is 5.91 Å². The number of rotatable bonds is 8. The minimum atomic E-state index is -0.640. The van der Waals surface area contributed by atoms with Gasteiger partial charge in [-0.2, -0.15) is 0 Å². The molecule has 1 fully saturated rings. The molecule has 0 radical (unpaired) electrons. The summed E-state index contributed by atoms with van der Waals surface area (Å²) in [7, 11) is 0. The van der Waals surface area contributed by atoms with Crippen molar-refractivity contribution in [3.63, 3.8) is 0 Å². The van der Waals surface area contributed by atoms with Gasteiger partial charge in [-0.1, -0.05) is 50.6 Å². The molecule has 8 nitrogen and oxygen atoms in total. The third kappa shape index (κ3) is 6.41. The fourth-order valence-electron chi connectivity index (χ4n) is 4.57. The average Bonchev–Trinajstić information content (AvgIpc) is 3.72. The number of anilines is 1. The van der Waals surface area contributed by atoms with Crippen LogP contribution in [-0.4, -0.2) is 54.0 Å². The summed E-state index contributed by atoms with van der Waals surface area (Å²) in [6.07, 6.45) is 2.83. The van der Waals surface area contributed by atoms with Gasteiger partial charge in [-0.05, 0) is 61.9 Å². The summed E-state index contributed by atoms with van der Waals surface area (Å²) in [5, 5.41) is 6.26. The summed E-state index contributed by atoms with van der Waals surface area (Å²) in [6.45, 7) is 8.91. The van der Waals surface area contributed by atoms with E-state index in [0.29, 0.717) is 29.5 Å². The minimum Gasteiger partial charge on any atom is -0.494 e. The maximum absolute atomic E-state index is 13.8. The number of halogens is 1. The Morgan fingerprint density at radius 3 is 2.53 bits per heavy atom. The monoisotopic (exact) mass is 540 g/mol. The molecule has 2 aromatic rings. The van der Waals surface area contributed by atoms with Gasteiger partial charge >= 0.3 is 6.03 Å². The van der Waals surface area contributed by atoms with Crippen LogP contribution in [0.5, 0.6) is 5.75 Å². The molecule has 204 valence electrons. The quantitative estimate of drug-likeness (QED) is 0.493. The number of ether oxygens (including phenoxy) is 1. The van der Waals surface area contributed by atoms with Crippen molar-refractivity contribution in [2.75, 3.05) is 18.1 Å². The van der Waals surface area contributed by atoms with E-state index >= 15 is 0 Å². The highest BCUT2D eigenvalue weighted by atomic mass is 35.5. The van der Waals surface area contributed by atoms with E-state index in [9.17, 15) is 14.4 Å². The van der Waals surface area contributed by atoms with Gasteiger partial charge in [0.15, 0.2) is 0 Å². The van der Waals surface area contributed by atoms with Gasteiger partial charge in [0.25, 0.3) is 5.91 Å². The van der Waals surface area contributed by atoms with Crippen molar-refractivity contribution in [3.8, 4) is 5.75 Å². The number of nitrogens with one attached hydrogen (secondary N) is 2. The molecule has 2 atom stereocenters. The predicted octanol–water partition coefficient (Wildman–Crippen LogP) is 4.99. The Morgan fingerprint density at radius 1 is 1.13 bits per heavy atom. The molecule has 4 amide bonds. The fraction of sp³-hybridized carbons (Fsp3) is 0.483. The van der Waals surface area contributed by atoms with Gasteiger partial charge in [0.1, 0.15) is 11.8 Å². The molecular formula is C29H37ClN4O4. The number of hydrogen-bond donors (Lipinski definition) is 2. The Kier molecular flexibility index (Phi) is 8.82. The van der Waals surface area contributed by atoms with Crippen LogP contribution in [0.15, 0.2) is 42.5 Å². The first kappa shape index (κ1) is 27.8. The molecule has 0 aromatic heterocycles. The Labute approximate surface area is 229 Å². The summed E-state index contributed by atoms with van der Waals surface area (Å²) in [5.41, 5.74) is 1.93. The Morgan fingerprint density at radius 2 is 1.87 bits per heavy atom. The summed E-state index contributed by atoms with van der Waals surface area (Å²) < 4.78 is 5.65. The third-order valence-corrected chi connectivity index (χ3v) is 7.22. The second kappa shape index (κ2) is 12.1. The lowest BCUT2D eigenvalue weighted by atomic mass is 10.0. The lowest BCUT2D eigenvalue weighted by molar-refractivity contribution is -0.124. The maximum atomic E-state index is 13.8. The first-order valence-corrected chi connectivity index (χ1v) is 13.8. The van der Waals surface area contributed by atoms with Crippen molar-refractivity contribution in [2.45, 2.75) is 71.6 Å². The molecule has 2 aliphatic rings. The van der Waals surface area contributed by atoms with Crippen LogP contribution in [0.1, 0.15) is 62.9 Å². The Hall–Kier alpha value is -3.26. The number of fused-ring (bicyclic) bond motifs is 1. The van der Waals surface area contributed by atoms with Crippen molar-refractivity contribution in [1.82, 2.24) is 15.5 Å². The molecule has 4 rings (SSSR count). The third-order valence-electron chi connectivity index (χ3n) is 6.90. The highest BCUT2D eigenvalue weighted by Gasteiger charge is 2.35. The molecule has 0 saturated heterocycles. The maximum Gasteiger partial charge on any atom is 0.318 e. The number of nitrogens with zero attached hydrogens (tertiary/aromatic N) is 2. The lowest BCUT2D eigenvalue weighted by Crippen LogP contribution is -2.56. The standard InChI is InChI=1S/C29H37ClN4O4/c1-5-14-38-22-12-13-23(24(30)15-22)28(36)34-16-19(4)33(17-20-8-6-7-9-25(20)34)29(37)32-26(18(2)3)27(35)31-21-10-11-21/h6-9,12-13,15,18-19,21,26H,5,10-11,14,16-17H2,1-4H3,(H,31,35)(H,32,37)/t19-,26+/m0/s1. The highest BCUT2D eigenvalue weighted by Crippen LogP contribution is 2.31. The lowest BCUT2D eigenvalue weighted by Gasteiger charge is -2.31. The van der Waals surface area contributed by atoms with Crippen LogP contribution in [0.25, 0.3) is 0 Å². The highest BCUT2D eigenvalue weighted by molar-refractivity contribution is 6.34. The molecule has 2 aromatic carbocycles. The van der Waals surface area contributed by atoms with E-state index in [1.807, 2.05) is 52.0 Å². The summed E-state index contributed by atoms with van der Waals surface area (Å²) in [4.78, 5) is 43.5. The van der Waals surface area contributed by atoms with Gasteiger partial charge in [-0.25, -0.2) is 4.79 Å². The van der Waals surface area contributed by atoms with Crippen LogP contribution in [0.2, 0.25) is 5.02 Å². The second-order valence-electron chi connectivity index (χ2n) is 10.5. The Balaban J connectivity index is 1.56. The zero-order valence-electron chi connectivity index (χ0n) is 22.5. The zero-order chi connectivity index (χ0) is 27.4. The molecule has 1 aliphatic carbocycles. The van der Waals surface area contributed by atoms with E-state index in [1.165, 1.54) is 0 Å². The van der Waals surface area contributed by atoms with E-state index in [2.05, 4.69) is 10.6 Å². The van der Waals surface area contributed by atoms with Gasteiger partial charge < -0.3 is 25.2 Å². The number of hydrogen-bond acceptors (Lipinski definition) is 4. The zero-order valence-corrected chi connectivity index (χ0v) is 23.3. The molecule has 1 saturated carbocycles. The SMILES string of the molecule is CCCOc1ccc(C(=O)N2C[C@H](C)N(C(=O)N[C@@H](C(=O)NC3CC3)C(C)C)Cc3ccccc32)c(Cl)c1. The molecule has 1 aliphatic heterocycles. The number of amides is 4. The number of urea groups is 1. The molecule has 1 heterocycles. The van der Waals surface area contributed by atoms with E-state index in [-0.39, 0.29) is 42.4 Å². The van der Waals surface area contributed by atoms with E-state index < -0.39 is 6.04 Å². The van der Waals surface area contributed by atoms with Gasteiger partial charge in [0.05, 0.1) is 17.2 Å². The minimum absolute atomic E-state index is 0.0724. The topological polar surface area (TPSA) is 91.0 Å². The number of carbonyl (C=O) groups excluding carboxylic acids is 3. The molecule has 2 N–H and O–H groups in total. The molecule has 0 unspecified atom stereocenters. The van der Waals surface area contributed by atoms with Gasteiger partial charge in [-0.15, -0.1) is 0 Å². The van der Waals surface area contributed by atoms with Crippen molar-refractivity contribution in [1.29, 1.82) is 0 Å². The van der Waals surface area contributed by atoms with Crippen LogP contribution < -0.4 is 20.3 Å². The van der Waals surface area contributed by atoms with Crippen LogP contribution in [-0.2, 0) is 11.3 Å². The average molecular weight is 541 g/mol. The normalized spacial score (nSPS) is 17.9. The van der Waals surface area contributed by atoms with Crippen molar-refractivity contribution in [2.24, 2.45) is 5.92 Å². The summed E-state index contributed by atoms with van der Waals surface area (Å²) in [6, 6.07) is 11.6. The first-order chi connectivity index (χ1) is 18.2. The van der Waals surface area contributed by atoms with Crippen LogP contribution >= 0.6 is 11.6 Å². The van der Waals surface area contributed by atoms with Gasteiger partial charge in [-0.3, -0.25) is 9.59 Å². The second-order valence-corrected chi connectivity index (χ2v) is 10.9. The smallest absolute Gasteiger partial charge is 0.318 e. The summed E-state index contributed by atoms with van der Waals surface area (Å²) >= 11 is 6.52. The number of benzene rings is 2.